The highest BCUT2D eigenvalue weighted by atomic mass is 31.2. The van der Waals surface area contributed by atoms with E-state index >= 15 is 0 Å². The molecular formula is C12H26NO4P. The van der Waals surface area contributed by atoms with Crippen LogP contribution in [0.2, 0.25) is 0 Å². The molecule has 1 fully saturated rings. The first-order valence-corrected chi connectivity index (χ1v) is 8.15. The first kappa shape index (κ1) is 17.6. The smallest absolute Gasteiger partial charge is 0.388 e. The zero-order valence-corrected chi connectivity index (χ0v) is 12.2. The van der Waals surface area contributed by atoms with Crippen molar-refractivity contribution in [2.75, 3.05) is 0 Å². The van der Waals surface area contributed by atoms with Crippen molar-refractivity contribution in [1.82, 2.24) is 5.32 Å². The van der Waals surface area contributed by atoms with Crippen LogP contribution in [-0.2, 0) is 4.57 Å². The van der Waals surface area contributed by atoms with Gasteiger partial charge in [-0.15, -0.1) is 0 Å². The van der Waals surface area contributed by atoms with Crippen LogP contribution in [0.1, 0.15) is 58.8 Å². The number of phosphoric acid groups is 1. The van der Waals surface area contributed by atoms with Crippen molar-refractivity contribution in [2.24, 2.45) is 0 Å². The molecule has 0 amide bonds. The fraction of sp³-hybridized carbons (Fsp3) is 0.833. The van der Waals surface area contributed by atoms with E-state index in [1.165, 1.54) is 44.9 Å². The third-order valence-corrected chi connectivity index (χ3v) is 3.04. The van der Waals surface area contributed by atoms with Gasteiger partial charge in [0, 0.05) is 6.04 Å². The maximum Gasteiger partial charge on any atom is 0.466 e. The average molecular weight is 279 g/mol. The fourth-order valence-corrected chi connectivity index (χ4v) is 1.96. The summed E-state index contributed by atoms with van der Waals surface area (Å²) in [6, 6.07) is 0.766. The van der Waals surface area contributed by atoms with Crippen LogP contribution in [0.3, 0.4) is 0 Å². The van der Waals surface area contributed by atoms with Crippen LogP contribution >= 0.6 is 7.82 Å². The Balaban J connectivity index is 0.000000494. The average Bonchev–Trinajstić information content (AvgIpc) is 2.29. The predicted octanol–water partition coefficient (Wildman–Crippen LogP) is 2.68. The minimum atomic E-state index is -4.64. The van der Waals surface area contributed by atoms with Gasteiger partial charge in [0.25, 0.3) is 0 Å². The van der Waals surface area contributed by atoms with Gasteiger partial charge in [0.2, 0.25) is 0 Å². The lowest BCUT2D eigenvalue weighted by molar-refractivity contribution is 0.275. The van der Waals surface area contributed by atoms with Crippen LogP contribution < -0.4 is 5.32 Å². The highest BCUT2D eigenvalue weighted by Gasteiger charge is 2.10. The maximum atomic E-state index is 8.88. The Labute approximate surface area is 110 Å². The van der Waals surface area contributed by atoms with E-state index in [2.05, 4.69) is 25.4 Å². The van der Waals surface area contributed by atoms with Gasteiger partial charge in [-0.3, -0.25) is 0 Å². The molecule has 0 aromatic rings. The lowest BCUT2D eigenvalue weighted by atomic mass is 9.95. The van der Waals surface area contributed by atoms with E-state index in [1.54, 1.807) is 5.57 Å². The summed E-state index contributed by atoms with van der Waals surface area (Å²) in [5.74, 6) is 0. The van der Waals surface area contributed by atoms with Gasteiger partial charge in [0.1, 0.15) is 0 Å². The third-order valence-electron chi connectivity index (χ3n) is 3.04. The van der Waals surface area contributed by atoms with Crippen molar-refractivity contribution in [3.05, 3.63) is 11.8 Å². The molecule has 5 nitrogen and oxygen atoms in total. The normalized spacial score (nSPS) is 16.5. The maximum absolute atomic E-state index is 8.88. The van der Waals surface area contributed by atoms with Gasteiger partial charge < -0.3 is 20.0 Å². The third kappa shape index (κ3) is 12.1. The Hall–Kier alpha value is -0.350. The van der Waals surface area contributed by atoms with Crippen LogP contribution in [0.4, 0.5) is 0 Å². The van der Waals surface area contributed by atoms with E-state index in [1.807, 2.05) is 0 Å². The Bertz CT molecular complexity index is 268. The first-order valence-electron chi connectivity index (χ1n) is 6.59. The number of hydrogen-bond donors (Lipinski definition) is 4. The summed E-state index contributed by atoms with van der Waals surface area (Å²) in [4.78, 5) is 21.6. The zero-order chi connectivity index (χ0) is 14.0. The quantitative estimate of drug-likeness (QED) is 0.594. The molecule has 0 aromatic heterocycles. The predicted molar refractivity (Wildman–Crippen MR) is 72.9 cm³/mol. The first-order chi connectivity index (χ1) is 8.36. The summed E-state index contributed by atoms with van der Waals surface area (Å²) in [5.41, 5.74) is 1.55. The van der Waals surface area contributed by atoms with Gasteiger partial charge in [-0.2, -0.15) is 0 Å². The molecule has 0 atom stereocenters. The lowest BCUT2D eigenvalue weighted by Crippen LogP contribution is -2.26. The molecule has 0 radical (unpaired) electrons. The number of rotatable bonds is 4. The Morgan fingerprint density at radius 3 is 2.00 bits per heavy atom. The van der Waals surface area contributed by atoms with E-state index in [0.29, 0.717) is 0 Å². The molecule has 1 aliphatic rings. The van der Waals surface area contributed by atoms with Gasteiger partial charge in [0.15, 0.2) is 0 Å². The van der Waals surface area contributed by atoms with Crippen LogP contribution in [0.5, 0.6) is 0 Å². The second kappa shape index (κ2) is 9.56. The fourth-order valence-electron chi connectivity index (χ4n) is 1.96. The monoisotopic (exact) mass is 279 g/mol. The summed E-state index contributed by atoms with van der Waals surface area (Å²) in [6.07, 6.45) is 11.7. The summed E-state index contributed by atoms with van der Waals surface area (Å²) in [7, 11) is -4.64. The standard InChI is InChI=1S/C12H23N.H3O4P/c1-3-11(4-2)10-13-12-8-6-5-7-9-12;1-5(2,3)4/h10,12-13H,3-9H2,1-2H3;(H3,1,2,3,4). The van der Waals surface area contributed by atoms with Crippen LogP contribution in [-0.4, -0.2) is 20.7 Å². The molecule has 1 saturated carbocycles. The van der Waals surface area contributed by atoms with E-state index in [-0.39, 0.29) is 0 Å². The van der Waals surface area contributed by atoms with Crippen molar-refractivity contribution in [1.29, 1.82) is 0 Å². The largest absolute Gasteiger partial charge is 0.466 e. The lowest BCUT2D eigenvalue weighted by Gasteiger charge is -2.22. The van der Waals surface area contributed by atoms with Crippen LogP contribution in [0.15, 0.2) is 11.8 Å². The molecule has 0 aromatic carbocycles. The van der Waals surface area contributed by atoms with Crippen molar-refractivity contribution < 1.29 is 19.2 Å². The highest BCUT2D eigenvalue weighted by Crippen LogP contribution is 2.25. The zero-order valence-electron chi connectivity index (χ0n) is 11.3. The van der Waals surface area contributed by atoms with E-state index in [9.17, 15) is 0 Å². The van der Waals surface area contributed by atoms with Crippen LogP contribution in [0, 0.1) is 0 Å². The topological polar surface area (TPSA) is 89.8 Å². The SMILES string of the molecule is CCC(=CNC1CCCCC1)CC.O=P(O)(O)O. The molecule has 4 N–H and O–H groups in total. The number of allylic oxidation sites excluding steroid dienone is 1. The van der Waals surface area contributed by atoms with E-state index in [4.69, 9.17) is 19.2 Å². The van der Waals surface area contributed by atoms with Crippen molar-refractivity contribution in [2.45, 2.75) is 64.8 Å². The second-order valence-corrected chi connectivity index (χ2v) is 5.55. The summed E-state index contributed by atoms with van der Waals surface area (Å²) in [5, 5.41) is 3.56. The Morgan fingerprint density at radius 1 is 1.17 bits per heavy atom. The van der Waals surface area contributed by atoms with Gasteiger partial charge in [-0.05, 0) is 31.9 Å². The molecule has 108 valence electrons. The van der Waals surface area contributed by atoms with Crippen molar-refractivity contribution in [3.8, 4) is 0 Å². The van der Waals surface area contributed by atoms with Crippen molar-refractivity contribution >= 4 is 7.82 Å². The Kier molecular flexibility index (Phi) is 9.38. The molecule has 18 heavy (non-hydrogen) atoms. The molecule has 0 unspecified atom stereocenters. The van der Waals surface area contributed by atoms with Crippen molar-refractivity contribution in [3.63, 3.8) is 0 Å². The highest BCUT2D eigenvalue weighted by molar-refractivity contribution is 7.45. The molecule has 0 bridgehead atoms. The number of hydrogen-bond acceptors (Lipinski definition) is 2. The van der Waals surface area contributed by atoms with Gasteiger partial charge in [-0.1, -0.05) is 38.7 Å². The Morgan fingerprint density at radius 2 is 1.61 bits per heavy atom. The van der Waals surface area contributed by atoms with Crippen LogP contribution in [0.25, 0.3) is 0 Å². The molecule has 0 heterocycles. The molecule has 0 spiro atoms. The van der Waals surface area contributed by atoms with E-state index < -0.39 is 7.82 Å². The molecule has 0 aliphatic heterocycles. The molecule has 6 heteroatoms. The number of nitrogens with one attached hydrogen (secondary N) is 1. The van der Waals surface area contributed by atoms with Gasteiger partial charge in [-0.25, -0.2) is 4.57 Å². The summed E-state index contributed by atoms with van der Waals surface area (Å²) in [6.45, 7) is 4.47. The van der Waals surface area contributed by atoms with E-state index in [0.717, 1.165) is 6.04 Å². The second-order valence-electron chi connectivity index (χ2n) is 4.52. The molecule has 1 aliphatic carbocycles. The summed E-state index contributed by atoms with van der Waals surface area (Å²) >= 11 is 0. The minimum Gasteiger partial charge on any atom is -0.388 e. The molecule has 0 saturated heterocycles. The van der Waals surface area contributed by atoms with Gasteiger partial charge in [0.05, 0.1) is 0 Å². The van der Waals surface area contributed by atoms with Gasteiger partial charge >= 0.3 is 7.82 Å². The molecular weight excluding hydrogens is 253 g/mol. The summed E-state index contributed by atoms with van der Waals surface area (Å²) < 4.78 is 8.88. The minimum absolute atomic E-state index is 0.766. The molecule has 1 rings (SSSR count).